The summed E-state index contributed by atoms with van der Waals surface area (Å²) in [6.45, 7) is 8.55. The van der Waals surface area contributed by atoms with Crippen LogP contribution in [0, 0.1) is 0 Å². The Bertz CT molecular complexity index is 730. The van der Waals surface area contributed by atoms with Gasteiger partial charge in [0, 0.05) is 6.42 Å². The average molecular weight is 537 g/mol. The van der Waals surface area contributed by atoms with Crippen LogP contribution in [0.1, 0.15) is 73.1 Å². The maximum Gasteiger partial charge on any atom is 0.306 e. The molecule has 3 rings (SSSR count). The normalized spacial score (nSPS) is 38.0. The Morgan fingerprint density at radius 3 is 2.32 bits per heavy atom. The van der Waals surface area contributed by atoms with E-state index in [1.54, 1.807) is 27.7 Å². The number of aliphatic hydroxyl groups is 4. The van der Waals surface area contributed by atoms with Gasteiger partial charge in [0.05, 0.1) is 13.2 Å². The molecule has 4 N–H and O–H groups in total. The fraction of sp³-hybridized carbons (Fsp3) is 0.960. The predicted octanol–water partition coefficient (Wildman–Crippen LogP) is 0.704. The second-order valence-electron chi connectivity index (χ2n) is 10.8. The highest BCUT2D eigenvalue weighted by atomic mass is 16.8. The highest BCUT2D eigenvalue weighted by Crippen LogP contribution is 2.38. The van der Waals surface area contributed by atoms with Crippen molar-refractivity contribution in [2.75, 3.05) is 13.2 Å². The van der Waals surface area contributed by atoms with Gasteiger partial charge in [0.2, 0.25) is 6.29 Å². The minimum absolute atomic E-state index is 0.117. The van der Waals surface area contributed by atoms with Gasteiger partial charge in [-0.1, -0.05) is 32.6 Å². The maximum absolute atomic E-state index is 12.5. The Morgan fingerprint density at radius 1 is 1.00 bits per heavy atom. The minimum Gasteiger partial charge on any atom is -0.454 e. The van der Waals surface area contributed by atoms with E-state index in [0.29, 0.717) is 6.42 Å². The first-order valence-corrected chi connectivity index (χ1v) is 13.2. The summed E-state index contributed by atoms with van der Waals surface area (Å²) in [6.07, 6.45) is -6.63. The van der Waals surface area contributed by atoms with E-state index >= 15 is 0 Å². The lowest BCUT2D eigenvalue weighted by Gasteiger charge is -2.42. The minimum atomic E-state index is -1.67. The van der Waals surface area contributed by atoms with Gasteiger partial charge in [0.1, 0.15) is 36.6 Å². The fourth-order valence-corrected chi connectivity index (χ4v) is 4.79. The van der Waals surface area contributed by atoms with Crippen LogP contribution in [0.5, 0.6) is 0 Å². The number of esters is 1. The highest BCUT2D eigenvalue weighted by Gasteiger charge is 2.54. The van der Waals surface area contributed by atoms with Gasteiger partial charge >= 0.3 is 5.97 Å². The molecule has 3 heterocycles. The summed E-state index contributed by atoms with van der Waals surface area (Å²) in [5.74, 6) is -2.51. The molecule has 0 aromatic carbocycles. The molecule has 0 aliphatic carbocycles. The second-order valence-corrected chi connectivity index (χ2v) is 10.8. The Kier molecular flexibility index (Phi) is 10.7. The second kappa shape index (κ2) is 12.9. The third-order valence-corrected chi connectivity index (χ3v) is 6.69. The van der Waals surface area contributed by atoms with E-state index in [9.17, 15) is 25.2 Å². The van der Waals surface area contributed by atoms with Crippen LogP contribution in [-0.2, 0) is 38.0 Å². The first-order chi connectivity index (χ1) is 17.4. The Morgan fingerprint density at radius 2 is 1.70 bits per heavy atom. The van der Waals surface area contributed by atoms with Gasteiger partial charge in [0.15, 0.2) is 24.0 Å². The van der Waals surface area contributed by atoms with Crippen LogP contribution in [0.25, 0.3) is 0 Å². The first kappa shape index (κ1) is 30.6. The van der Waals surface area contributed by atoms with Crippen LogP contribution >= 0.6 is 0 Å². The van der Waals surface area contributed by atoms with Crippen LogP contribution in [0.4, 0.5) is 0 Å². The van der Waals surface area contributed by atoms with E-state index < -0.39 is 79.5 Å². The van der Waals surface area contributed by atoms with E-state index in [0.717, 1.165) is 25.7 Å². The van der Waals surface area contributed by atoms with Gasteiger partial charge in [-0.25, -0.2) is 0 Å². The summed E-state index contributed by atoms with van der Waals surface area (Å²) in [4.78, 5) is 12.5. The molecule has 3 saturated heterocycles. The van der Waals surface area contributed by atoms with Crippen molar-refractivity contribution >= 4 is 5.97 Å². The largest absolute Gasteiger partial charge is 0.454 e. The maximum atomic E-state index is 12.5. The van der Waals surface area contributed by atoms with E-state index in [1.807, 2.05) is 0 Å². The SMILES string of the molecule is CCCCCCCC(=O)O[C@@H]1[C@H](OC(O)[C@@H]2OC(C)(C)O[C@H]2[C@H]2COC(C)(C)O2)O[C@H](CO)[C@@H](O)[C@@H]1O. The number of hydrogen-bond acceptors (Lipinski definition) is 12. The molecule has 3 aliphatic rings. The van der Waals surface area contributed by atoms with Crippen molar-refractivity contribution in [3.05, 3.63) is 0 Å². The van der Waals surface area contributed by atoms with Gasteiger partial charge in [-0.2, -0.15) is 0 Å². The number of rotatable bonds is 12. The van der Waals surface area contributed by atoms with Crippen molar-refractivity contribution in [1.82, 2.24) is 0 Å². The molecule has 0 amide bonds. The summed E-state index contributed by atoms with van der Waals surface area (Å²) >= 11 is 0. The molecule has 9 atom stereocenters. The van der Waals surface area contributed by atoms with Crippen LogP contribution in [-0.4, -0.2) is 106 Å². The Labute approximate surface area is 218 Å². The number of carbonyl (C=O) groups excluding carboxylic acids is 1. The van der Waals surface area contributed by atoms with Gasteiger partial charge in [-0.15, -0.1) is 0 Å². The lowest BCUT2D eigenvalue weighted by molar-refractivity contribution is -0.345. The number of carbonyl (C=O) groups is 1. The lowest BCUT2D eigenvalue weighted by atomic mass is 9.99. The molecule has 0 aromatic rings. The molecule has 0 radical (unpaired) electrons. The zero-order valence-electron chi connectivity index (χ0n) is 22.4. The molecule has 0 bridgehead atoms. The molecule has 37 heavy (non-hydrogen) atoms. The van der Waals surface area contributed by atoms with E-state index in [1.165, 1.54) is 0 Å². The topological polar surface area (TPSA) is 163 Å². The van der Waals surface area contributed by atoms with Crippen molar-refractivity contribution in [2.45, 2.75) is 140 Å². The Balaban J connectivity index is 1.69. The zero-order valence-corrected chi connectivity index (χ0v) is 22.4. The van der Waals surface area contributed by atoms with Crippen molar-refractivity contribution in [1.29, 1.82) is 0 Å². The van der Waals surface area contributed by atoms with Crippen molar-refractivity contribution in [3.8, 4) is 0 Å². The molecule has 3 fully saturated rings. The molecule has 12 nitrogen and oxygen atoms in total. The summed E-state index contributed by atoms with van der Waals surface area (Å²) < 4.78 is 40.1. The van der Waals surface area contributed by atoms with E-state index in [4.69, 9.17) is 33.2 Å². The summed E-state index contributed by atoms with van der Waals surface area (Å²) in [7, 11) is 0. The lowest BCUT2D eigenvalue weighted by Crippen LogP contribution is -2.61. The molecular formula is C25H44O12. The molecule has 0 saturated carbocycles. The van der Waals surface area contributed by atoms with Crippen LogP contribution < -0.4 is 0 Å². The Hall–Kier alpha value is -0.930. The van der Waals surface area contributed by atoms with Crippen LogP contribution in [0.15, 0.2) is 0 Å². The van der Waals surface area contributed by atoms with Gasteiger partial charge in [0.25, 0.3) is 0 Å². The quantitative estimate of drug-likeness (QED) is 0.157. The van der Waals surface area contributed by atoms with Crippen molar-refractivity contribution in [3.63, 3.8) is 0 Å². The smallest absolute Gasteiger partial charge is 0.306 e. The first-order valence-electron chi connectivity index (χ1n) is 13.2. The average Bonchev–Trinajstić information content (AvgIpc) is 3.36. The molecule has 216 valence electrons. The third kappa shape index (κ3) is 8.04. The van der Waals surface area contributed by atoms with Gasteiger partial charge in [-0.05, 0) is 34.1 Å². The van der Waals surface area contributed by atoms with E-state index in [2.05, 4.69) is 6.92 Å². The predicted molar refractivity (Wildman–Crippen MR) is 127 cm³/mol. The molecular weight excluding hydrogens is 492 g/mol. The molecule has 1 unspecified atom stereocenters. The number of hydrogen-bond donors (Lipinski definition) is 4. The van der Waals surface area contributed by atoms with Gasteiger partial charge in [-0.3, -0.25) is 4.79 Å². The summed E-state index contributed by atoms with van der Waals surface area (Å²) in [6, 6.07) is 0. The van der Waals surface area contributed by atoms with Crippen LogP contribution in [0.2, 0.25) is 0 Å². The monoisotopic (exact) mass is 536 g/mol. The molecule has 0 aromatic heterocycles. The zero-order chi connectivity index (χ0) is 27.4. The highest BCUT2D eigenvalue weighted by molar-refractivity contribution is 5.69. The summed E-state index contributed by atoms with van der Waals surface area (Å²) in [5.41, 5.74) is 0. The summed E-state index contributed by atoms with van der Waals surface area (Å²) in [5, 5.41) is 41.6. The number of unbranched alkanes of at least 4 members (excludes halogenated alkanes) is 4. The van der Waals surface area contributed by atoms with Crippen LogP contribution in [0.3, 0.4) is 0 Å². The number of aliphatic hydroxyl groups excluding tert-OH is 4. The van der Waals surface area contributed by atoms with Crippen molar-refractivity contribution < 1.29 is 58.4 Å². The van der Waals surface area contributed by atoms with E-state index in [-0.39, 0.29) is 13.0 Å². The fourth-order valence-electron chi connectivity index (χ4n) is 4.79. The number of ether oxygens (including phenoxy) is 7. The van der Waals surface area contributed by atoms with Gasteiger partial charge < -0.3 is 53.6 Å². The third-order valence-electron chi connectivity index (χ3n) is 6.69. The van der Waals surface area contributed by atoms with Crippen molar-refractivity contribution in [2.24, 2.45) is 0 Å². The molecule has 0 spiro atoms. The molecule has 12 heteroatoms. The molecule has 3 aliphatic heterocycles. The standard InChI is InChI=1S/C25H44O12/c1-6-7-8-9-10-11-16(27)33-20-18(29)17(28)14(12-26)32-23(20)34-22(30)21-19(36-25(4,5)37-21)15-13-31-24(2,3)35-15/h14-15,17-23,26,28-30H,6-13H2,1-5H3/t14-,15-,17-,18+,19+,20+,21-,22?,23+/m1/s1.